The number of aryl methyl sites for hydroxylation is 3. The Kier molecular flexibility index (Phi) is 8.02. The monoisotopic (exact) mass is 577 g/mol. The van der Waals surface area contributed by atoms with Gasteiger partial charge in [0.2, 0.25) is 0 Å². The average molecular weight is 578 g/mol. The second-order valence-corrected chi connectivity index (χ2v) is 12.8. The predicted octanol–water partition coefficient (Wildman–Crippen LogP) is 8.00. The van der Waals surface area contributed by atoms with Crippen LogP contribution in [0.25, 0.3) is 6.08 Å². The normalized spacial score (nSPS) is 16.3. The van der Waals surface area contributed by atoms with Gasteiger partial charge in [-0.2, -0.15) is 0 Å². The first-order valence-corrected chi connectivity index (χ1v) is 15.4. The Labute approximate surface area is 252 Å². The molecular formula is C36H36FN3OS. The van der Waals surface area contributed by atoms with E-state index in [1.165, 1.54) is 34.4 Å². The van der Waals surface area contributed by atoms with E-state index in [1.54, 1.807) is 18.0 Å². The molecule has 4 nitrogen and oxygen atoms in total. The Morgan fingerprint density at radius 2 is 1.69 bits per heavy atom. The molecule has 0 unspecified atom stereocenters. The Morgan fingerprint density at radius 3 is 2.43 bits per heavy atom. The van der Waals surface area contributed by atoms with E-state index in [2.05, 4.69) is 72.3 Å². The van der Waals surface area contributed by atoms with Crippen molar-refractivity contribution in [1.82, 2.24) is 9.88 Å². The van der Waals surface area contributed by atoms with Gasteiger partial charge in [0.15, 0.2) is 0 Å². The van der Waals surface area contributed by atoms with Gasteiger partial charge in [-0.25, -0.2) is 4.39 Å². The number of carbonyl (C=O) groups is 1. The number of hydrogen-bond donors (Lipinski definition) is 0. The van der Waals surface area contributed by atoms with Crippen molar-refractivity contribution in [2.24, 2.45) is 0 Å². The molecule has 4 aromatic rings. The summed E-state index contributed by atoms with van der Waals surface area (Å²) >= 11 is 1.63. The van der Waals surface area contributed by atoms with Crippen molar-refractivity contribution in [3.63, 3.8) is 0 Å². The summed E-state index contributed by atoms with van der Waals surface area (Å²) in [6, 6.07) is 23.3. The van der Waals surface area contributed by atoms with E-state index >= 15 is 0 Å². The topological polar surface area (TPSA) is 36.4 Å². The van der Waals surface area contributed by atoms with Gasteiger partial charge in [-0.15, -0.1) is 0 Å². The minimum absolute atomic E-state index is 0.0244. The van der Waals surface area contributed by atoms with Gasteiger partial charge in [-0.3, -0.25) is 14.7 Å². The molecule has 1 amide bonds. The van der Waals surface area contributed by atoms with Gasteiger partial charge in [0.1, 0.15) is 5.82 Å². The van der Waals surface area contributed by atoms with Crippen LogP contribution in [0.4, 0.5) is 10.1 Å². The van der Waals surface area contributed by atoms with Gasteiger partial charge < -0.3 is 4.90 Å². The maximum absolute atomic E-state index is 13.8. The molecule has 0 N–H and O–H groups in total. The number of carbonyl (C=O) groups excluding carboxylic acids is 1. The van der Waals surface area contributed by atoms with Crippen molar-refractivity contribution in [3.05, 3.63) is 124 Å². The standard InChI is InChI=1S/C36H36FN3OS/c1-25-6-7-28(21-26(25)2)5-4-18-39-19-15-36(16-20-39)24-40(35(41)29-14-17-38-27(3)22-29)34-13-12-32(23-33(34)36)42-31-10-8-30(37)9-11-31/h4-14,17,21-23H,15-16,18-20,24H2,1-3H3/b5-4+. The van der Waals surface area contributed by atoms with Crippen LogP contribution in [0.3, 0.4) is 0 Å². The van der Waals surface area contributed by atoms with Crippen LogP contribution >= 0.6 is 11.8 Å². The van der Waals surface area contributed by atoms with Crippen molar-refractivity contribution in [2.45, 2.75) is 48.8 Å². The molecule has 2 aliphatic heterocycles. The lowest BCUT2D eigenvalue weighted by Gasteiger charge is -2.39. The molecule has 0 atom stereocenters. The third kappa shape index (κ3) is 5.92. The maximum Gasteiger partial charge on any atom is 0.258 e. The number of piperidine rings is 1. The van der Waals surface area contributed by atoms with E-state index in [0.29, 0.717) is 12.1 Å². The van der Waals surface area contributed by atoms with Crippen molar-refractivity contribution < 1.29 is 9.18 Å². The summed E-state index contributed by atoms with van der Waals surface area (Å²) in [5.41, 5.74) is 7.53. The third-order valence-electron chi connectivity index (χ3n) is 8.75. The Hall–Kier alpha value is -3.74. The summed E-state index contributed by atoms with van der Waals surface area (Å²) in [4.78, 5) is 24.7. The Bertz CT molecular complexity index is 1640. The van der Waals surface area contributed by atoms with Gasteiger partial charge in [-0.1, -0.05) is 42.1 Å². The van der Waals surface area contributed by atoms with E-state index in [9.17, 15) is 9.18 Å². The smallest absolute Gasteiger partial charge is 0.258 e. The molecule has 6 heteroatoms. The zero-order chi connectivity index (χ0) is 29.3. The molecule has 1 spiro atoms. The van der Waals surface area contributed by atoms with Crippen molar-refractivity contribution in [1.29, 1.82) is 0 Å². The molecule has 2 aliphatic rings. The average Bonchev–Trinajstić information content (AvgIpc) is 3.30. The molecule has 1 fully saturated rings. The Balaban J connectivity index is 1.23. The lowest BCUT2D eigenvalue weighted by atomic mass is 9.74. The summed E-state index contributed by atoms with van der Waals surface area (Å²) in [6.07, 6.45) is 8.17. The van der Waals surface area contributed by atoms with Crippen molar-refractivity contribution >= 4 is 29.4 Å². The van der Waals surface area contributed by atoms with Gasteiger partial charge in [-0.05, 0) is 124 Å². The fraction of sp³-hybridized carbons (Fsp3) is 0.278. The molecule has 0 saturated carbocycles. The van der Waals surface area contributed by atoms with Gasteiger partial charge in [0, 0.05) is 51.4 Å². The highest BCUT2D eigenvalue weighted by Crippen LogP contribution is 2.49. The number of anilines is 1. The summed E-state index contributed by atoms with van der Waals surface area (Å²) < 4.78 is 13.5. The fourth-order valence-corrected chi connectivity index (χ4v) is 7.02. The first-order valence-electron chi connectivity index (χ1n) is 14.6. The fourth-order valence-electron chi connectivity index (χ4n) is 6.16. The van der Waals surface area contributed by atoms with Crippen LogP contribution in [0.2, 0.25) is 0 Å². The summed E-state index contributed by atoms with van der Waals surface area (Å²) in [7, 11) is 0. The SMILES string of the molecule is Cc1cc(C(=O)N2CC3(CCN(C/C=C/c4ccc(C)c(C)c4)CC3)c3cc(Sc4ccc(F)cc4)ccc32)ccn1. The summed E-state index contributed by atoms with van der Waals surface area (Å²) in [6.45, 7) is 9.76. The number of fused-ring (bicyclic) bond motifs is 2. The molecule has 0 bridgehead atoms. The van der Waals surface area contributed by atoms with Gasteiger partial charge in [0.25, 0.3) is 5.91 Å². The van der Waals surface area contributed by atoms with Crippen molar-refractivity contribution in [3.8, 4) is 0 Å². The molecule has 0 radical (unpaired) electrons. The van der Waals surface area contributed by atoms with Gasteiger partial charge >= 0.3 is 0 Å². The van der Waals surface area contributed by atoms with Crippen LogP contribution in [0.5, 0.6) is 0 Å². The van der Waals surface area contributed by atoms with Crippen LogP contribution in [-0.2, 0) is 5.41 Å². The highest BCUT2D eigenvalue weighted by molar-refractivity contribution is 7.99. The minimum atomic E-state index is -0.233. The molecule has 0 aliphatic carbocycles. The van der Waals surface area contributed by atoms with E-state index in [0.717, 1.165) is 53.6 Å². The number of likely N-dealkylation sites (tertiary alicyclic amines) is 1. The van der Waals surface area contributed by atoms with Crippen LogP contribution in [0.15, 0.2) is 94.9 Å². The molecule has 1 saturated heterocycles. The zero-order valence-electron chi connectivity index (χ0n) is 24.4. The summed E-state index contributed by atoms with van der Waals surface area (Å²) in [5, 5.41) is 0. The molecule has 3 aromatic carbocycles. The largest absolute Gasteiger partial charge is 0.307 e. The van der Waals surface area contributed by atoms with Crippen LogP contribution in [0, 0.1) is 26.6 Å². The maximum atomic E-state index is 13.8. The zero-order valence-corrected chi connectivity index (χ0v) is 25.3. The number of rotatable bonds is 6. The number of amides is 1. The molecule has 42 heavy (non-hydrogen) atoms. The third-order valence-corrected chi connectivity index (χ3v) is 9.74. The highest BCUT2D eigenvalue weighted by Gasteiger charge is 2.46. The summed E-state index contributed by atoms with van der Waals surface area (Å²) in [5.74, 6) is -0.209. The van der Waals surface area contributed by atoms with Crippen molar-refractivity contribution in [2.75, 3.05) is 31.1 Å². The van der Waals surface area contributed by atoms with Gasteiger partial charge in [0.05, 0.1) is 0 Å². The lowest BCUT2D eigenvalue weighted by Crippen LogP contribution is -2.46. The predicted molar refractivity (Wildman–Crippen MR) is 170 cm³/mol. The van der Waals surface area contributed by atoms with Crippen LogP contribution < -0.4 is 4.90 Å². The second kappa shape index (κ2) is 11.9. The molecular weight excluding hydrogens is 541 g/mol. The number of aromatic nitrogens is 1. The molecule has 3 heterocycles. The lowest BCUT2D eigenvalue weighted by molar-refractivity contribution is 0.0977. The number of halogens is 1. The number of nitrogens with zero attached hydrogens (tertiary/aromatic N) is 3. The second-order valence-electron chi connectivity index (χ2n) is 11.6. The minimum Gasteiger partial charge on any atom is -0.307 e. The first kappa shape index (κ1) is 28.4. The van der Waals surface area contributed by atoms with E-state index in [1.807, 2.05) is 36.1 Å². The highest BCUT2D eigenvalue weighted by atomic mass is 32.2. The number of hydrogen-bond acceptors (Lipinski definition) is 4. The first-order chi connectivity index (χ1) is 20.3. The molecule has 1 aromatic heterocycles. The molecule has 6 rings (SSSR count). The van der Waals surface area contributed by atoms with E-state index < -0.39 is 0 Å². The quantitative estimate of drug-likeness (QED) is 0.233. The number of benzene rings is 3. The van der Waals surface area contributed by atoms with Crippen LogP contribution in [-0.4, -0.2) is 42.0 Å². The van der Waals surface area contributed by atoms with Crippen LogP contribution in [0.1, 0.15) is 51.1 Å². The Morgan fingerprint density at radius 1 is 0.929 bits per heavy atom. The molecule has 214 valence electrons. The number of pyridine rings is 1. The van der Waals surface area contributed by atoms with E-state index in [4.69, 9.17) is 0 Å². The van der Waals surface area contributed by atoms with E-state index in [-0.39, 0.29) is 17.1 Å².